The molecule has 0 saturated heterocycles. The van der Waals surface area contributed by atoms with E-state index in [4.69, 9.17) is 14.2 Å². The summed E-state index contributed by atoms with van der Waals surface area (Å²) in [6, 6.07) is 5.11. The van der Waals surface area contributed by atoms with Crippen LogP contribution in [0.1, 0.15) is 30.1 Å². The lowest BCUT2D eigenvalue weighted by Crippen LogP contribution is -2.16. The molecule has 1 aromatic carbocycles. The SMILES string of the molecule is CCCCOC(=O)c1ccc2c(c1)OCCO2. The van der Waals surface area contributed by atoms with Gasteiger partial charge in [-0.15, -0.1) is 0 Å². The molecule has 0 aromatic heterocycles. The Kier molecular flexibility index (Phi) is 3.85. The van der Waals surface area contributed by atoms with Crippen LogP contribution in [0.15, 0.2) is 18.2 Å². The molecule has 0 amide bonds. The molecule has 1 aliphatic rings. The van der Waals surface area contributed by atoms with Gasteiger partial charge in [-0.1, -0.05) is 13.3 Å². The zero-order valence-corrected chi connectivity index (χ0v) is 9.90. The van der Waals surface area contributed by atoms with Crippen LogP contribution >= 0.6 is 0 Å². The molecule has 0 bridgehead atoms. The second-order valence-electron chi connectivity index (χ2n) is 3.85. The van der Waals surface area contributed by atoms with Crippen LogP contribution in [-0.2, 0) is 4.74 Å². The second kappa shape index (κ2) is 5.57. The van der Waals surface area contributed by atoms with Crippen molar-refractivity contribution in [2.24, 2.45) is 0 Å². The van der Waals surface area contributed by atoms with Gasteiger partial charge in [0.25, 0.3) is 0 Å². The highest BCUT2D eigenvalue weighted by molar-refractivity contribution is 5.90. The van der Waals surface area contributed by atoms with E-state index in [1.54, 1.807) is 18.2 Å². The highest BCUT2D eigenvalue weighted by Gasteiger charge is 2.15. The molecule has 0 radical (unpaired) electrons. The van der Waals surface area contributed by atoms with Crippen LogP contribution in [0.4, 0.5) is 0 Å². The molecule has 1 aliphatic heterocycles. The number of carbonyl (C=O) groups is 1. The van der Waals surface area contributed by atoms with Crippen molar-refractivity contribution in [2.75, 3.05) is 19.8 Å². The average Bonchev–Trinajstić information content (AvgIpc) is 2.38. The molecule has 0 N–H and O–H groups in total. The smallest absolute Gasteiger partial charge is 0.338 e. The van der Waals surface area contributed by atoms with Crippen LogP contribution < -0.4 is 9.47 Å². The number of hydrogen-bond donors (Lipinski definition) is 0. The first-order chi connectivity index (χ1) is 8.31. The first-order valence-corrected chi connectivity index (χ1v) is 5.88. The Labute approximate surface area is 100 Å². The maximum absolute atomic E-state index is 11.7. The molecular weight excluding hydrogens is 220 g/mol. The van der Waals surface area contributed by atoms with E-state index in [0.717, 1.165) is 12.8 Å². The largest absolute Gasteiger partial charge is 0.486 e. The predicted octanol–water partition coefficient (Wildman–Crippen LogP) is 2.41. The first-order valence-electron chi connectivity index (χ1n) is 5.88. The third-order valence-electron chi connectivity index (χ3n) is 2.51. The maximum Gasteiger partial charge on any atom is 0.338 e. The van der Waals surface area contributed by atoms with Crippen molar-refractivity contribution in [3.8, 4) is 11.5 Å². The number of benzene rings is 1. The molecule has 0 aliphatic carbocycles. The molecule has 0 fully saturated rings. The average molecular weight is 236 g/mol. The van der Waals surface area contributed by atoms with Crippen LogP contribution in [0.25, 0.3) is 0 Å². The van der Waals surface area contributed by atoms with Crippen LogP contribution in [0.3, 0.4) is 0 Å². The van der Waals surface area contributed by atoms with Gasteiger partial charge in [0.05, 0.1) is 12.2 Å². The highest BCUT2D eigenvalue weighted by Crippen LogP contribution is 2.30. The normalized spacial score (nSPS) is 13.2. The Bertz CT molecular complexity index is 400. The lowest BCUT2D eigenvalue weighted by molar-refractivity contribution is 0.0498. The van der Waals surface area contributed by atoms with Crippen LogP contribution in [0.2, 0.25) is 0 Å². The Morgan fingerprint density at radius 2 is 2.06 bits per heavy atom. The van der Waals surface area contributed by atoms with Crippen LogP contribution in [0, 0.1) is 0 Å². The quantitative estimate of drug-likeness (QED) is 0.595. The van der Waals surface area contributed by atoms with Gasteiger partial charge < -0.3 is 14.2 Å². The number of fused-ring (bicyclic) bond motifs is 1. The standard InChI is InChI=1S/C13H16O4/c1-2-3-6-17-13(14)10-4-5-11-12(9-10)16-8-7-15-11/h4-5,9H,2-3,6-8H2,1H3. The predicted molar refractivity (Wildman–Crippen MR) is 62.6 cm³/mol. The van der Waals surface area contributed by atoms with Gasteiger partial charge in [0.2, 0.25) is 0 Å². The Hall–Kier alpha value is -1.71. The number of carbonyl (C=O) groups excluding carboxylic acids is 1. The van der Waals surface area contributed by atoms with Crippen LogP contribution in [-0.4, -0.2) is 25.8 Å². The summed E-state index contributed by atoms with van der Waals surface area (Å²) < 4.78 is 15.9. The van der Waals surface area contributed by atoms with E-state index in [1.807, 2.05) is 0 Å². The van der Waals surface area contributed by atoms with E-state index < -0.39 is 0 Å². The van der Waals surface area contributed by atoms with E-state index >= 15 is 0 Å². The lowest BCUT2D eigenvalue weighted by atomic mass is 10.2. The van der Waals surface area contributed by atoms with E-state index in [9.17, 15) is 4.79 Å². The topological polar surface area (TPSA) is 44.8 Å². The van der Waals surface area contributed by atoms with E-state index in [2.05, 4.69) is 6.92 Å². The molecular formula is C13H16O4. The summed E-state index contributed by atoms with van der Waals surface area (Å²) >= 11 is 0. The van der Waals surface area contributed by atoms with Gasteiger partial charge in [-0.2, -0.15) is 0 Å². The number of rotatable bonds is 4. The first kappa shape index (κ1) is 11.8. The van der Waals surface area contributed by atoms with Crippen LogP contribution in [0.5, 0.6) is 11.5 Å². The van der Waals surface area contributed by atoms with Gasteiger partial charge in [-0.05, 0) is 24.6 Å². The number of hydrogen-bond acceptors (Lipinski definition) is 4. The Morgan fingerprint density at radius 3 is 2.82 bits per heavy atom. The molecule has 0 unspecified atom stereocenters. The minimum Gasteiger partial charge on any atom is -0.486 e. The number of unbranched alkanes of at least 4 members (excludes halogenated alkanes) is 1. The monoisotopic (exact) mass is 236 g/mol. The van der Waals surface area contributed by atoms with Gasteiger partial charge >= 0.3 is 5.97 Å². The summed E-state index contributed by atoms with van der Waals surface area (Å²) in [7, 11) is 0. The Balaban J connectivity index is 2.03. The van der Waals surface area contributed by atoms with Crippen molar-refractivity contribution in [2.45, 2.75) is 19.8 Å². The van der Waals surface area contributed by atoms with Crippen molar-refractivity contribution in [3.63, 3.8) is 0 Å². The molecule has 0 saturated carbocycles. The summed E-state index contributed by atoms with van der Waals surface area (Å²) in [5.74, 6) is 0.984. The fourth-order valence-electron chi connectivity index (χ4n) is 1.56. The lowest BCUT2D eigenvalue weighted by Gasteiger charge is -2.18. The molecule has 0 spiro atoms. The van der Waals surface area contributed by atoms with Gasteiger partial charge in [0.15, 0.2) is 11.5 Å². The summed E-state index contributed by atoms with van der Waals surface area (Å²) in [5, 5.41) is 0. The maximum atomic E-state index is 11.7. The summed E-state index contributed by atoms with van der Waals surface area (Å²) in [5.41, 5.74) is 0.505. The molecule has 17 heavy (non-hydrogen) atoms. The zero-order valence-electron chi connectivity index (χ0n) is 9.90. The molecule has 2 rings (SSSR count). The van der Waals surface area contributed by atoms with Crippen molar-refractivity contribution in [1.82, 2.24) is 0 Å². The van der Waals surface area contributed by atoms with Crippen molar-refractivity contribution >= 4 is 5.97 Å². The minimum absolute atomic E-state index is 0.310. The summed E-state index contributed by atoms with van der Waals surface area (Å²) in [4.78, 5) is 11.7. The molecule has 0 atom stereocenters. The fourth-order valence-corrected chi connectivity index (χ4v) is 1.56. The summed E-state index contributed by atoms with van der Waals surface area (Å²) in [6.07, 6.45) is 1.89. The van der Waals surface area contributed by atoms with E-state index in [1.165, 1.54) is 0 Å². The van der Waals surface area contributed by atoms with Crippen molar-refractivity contribution in [1.29, 1.82) is 0 Å². The molecule has 92 valence electrons. The molecule has 1 heterocycles. The van der Waals surface area contributed by atoms with Gasteiger partial charge in [-0.25, -0.2) is 4.79 Å². The number of esters is 1. The Morgan fingerprint density at radius 1 is 1.29 bits per heavy atom. The zero-order chi connectivity index (χ0) is 12.1. The highest BCUT2D eigenvalue weighted by atomic mass is 16.6. The second-order valence-corrected chi connectivity index (χ2v) is 3.85. The number of ether oxygens (including phenoxy) is 3. The van der Waals surface area contributed by atoms with E-state index in [-0.39, 0.29) is 5.97 Å². The van der Waals surface area contributed by atoms with Gasteiger partial charge in [0.1, 0.15) is 13.2 Å². The third kappa shape index (κ3) is 2.90. The van der Waals surface area contributed by atoms with Gasteiger partial charge in [0, 0.05) is 0 Å². The summed E-state index contributed by atoms with van der Waals surface area (Å²) in [6.45, 7) is 3.58. The molecule has 1 aromatic rings. The molecule has 4 nitrogen and oxygen atoms in total. The van der Waals surface area contributed by atoms with Crippen molar-refractivity contribution < 1.29 is 19.0 Å². The molecule has 4 heteroatoms. The third-order valence-corrected chi connectivity index (χ3v) is 2.51. The van der Waals surface area contributed by atoms with Crippen molar-refractivity contribution in [3.05, 3.63) is 23.8 Å². The fraction of sp³-hybridized carbons (Fsp3) is 0.462. The van der Waals surface area contributed by atoms with E-state index in [0.29, 0.717) is 36.9 Å². The van der Waals surface area contributed by atoms with Gasteiger partial charge in [-0.3, -0.25) is 0 Å². The minimum atomic E-state index is -0.310.